The highest BCUT2D eigenvalue weighted by molar-refractivity contribution is 5.95. The van der Waals surface area contributed by atoms with Crippen molar-refractivity contribution in [2.24, 2.45) is 11.8 Å². The van der Waals surface area contributed by atoms with Gasteiger partial charge in [0.05, 0.1) is 11.3 Å². The van der Waals surface area contributed by atoms with Crippen LogP contribution in [0.15, 0.2) is 24.3 Å². The van der Waals surface area contributed by atoms with Crippen molar-refractivity contribution in [3.8, 4) is 6.07 Å². The van der Waals surface area contributed by atoms with Gasteiger partial charge in [-0.25, -0.2) is 0 Å². The Morgan fingerprint density at radius 1 is 1.53 bits per heavy atom. The van der Waals surface area contributed by atoms with Gasteiger partial charge in [0.15, 0.2) is 0 Å². The lowest BCUT2D eigenvalue weighted by molar-refractivity contribution is -0.117. The van der Waals surface area contributed by atoms with Crippen LogP contribution >= 0.6 is 0 Å². The van der Waals surface area contributed by atoms with Gasteiger partial charge in [0.1, 0.15) is 6.07 Å². The van der Waals surface area contributed by atoms with Crippen LogP contribution in [0, 0.1) is 23.2 Å². The van der Waals surface area contributed by atoms with E-state index < -0.39 is 0 Å². The van der Waals surface area contributed by atoms with Gasteiger partial charge in [-0.2, -0.15) is 5.26 Å². The van der Waals surface area contributed by atoms with Gasteiger partial charge in [0.25, 0.3) is 0 Å². The zero-order valence-electron chi connectivity index (χ0n) is 8.53. The Morgan fingerprint density at radius 3 is 2.80 bits per heavy atom. The number of hydrogen-bond acceptors (Lipinski definition) is 2. The van der Waals surface area contributed by atoms with Crippen molar-refractivity contribution in [1.29, 1.82) is 5.26 Å². The molecule has 76 valence electrons. The Bertz CT molecular complexity index is 433. The van der Waals surface area contributed by atoms with Gasteiger partial charge in [-0.3, -0.25) is 4.79 Å². The number of para-hydroxylation sites is 1. The Kier molecular flexibility index (Phi) is 2.42. The molecule has 0 bridgehead atoms. The fourth-order valence-electron chi connectivity index (χ4n) is 1.60. The van der Waals surface area contributed by atoms with Crippen molar-refractivity contribution < 1.29 is 4.79 Å². The highest BCUT2D eigenvalue weighted by Gasteiger charge is 2.39. The summed E-state index contributed by atoms with van der Waals surface area (Å²) < 4.78 is 0. The van der Waals surface area contributed by atoms with Gasteiger partial charge < -0.3 is 5.32 Å². The van der Waals surface area contributed by atoms with Crippen LogP contribution in [0.25, 0.3) is 0 Å². The van der Waals surface area contributed by atoms with Crippen LogP contribution in [0.5, 0.6) is 0 Å². The van der Waals surface area contributed by atoms with Crippen molar-refractivity contribution in [3.63, 3.8) is 0 Å². The predicted molar refractivity (Wildman–Crippen MR) is 57.1 cm³/mol. The molecule has 0 spiro atoms. The van der Waals surface area contributed by atoms with Crippen LogP contribution in [0.1, 0.15) is 18.9 Å². The molecule has 1 aromatic rings. The first-order valence-corrected chi connectivity index (χ1v) is 5.02. The van der Waals surface area contributed by atoms with Crippen molar-refractivity contribution in [2.75, 3.05) is 5.32 Å². The van der Waals surface area contributed by atoms with Crippen LogP contribution in [-0.4, -0.2) is 5.91 Å². The third kappa shape index (κ3) is 1.99. The molecule has 1 aliphatic carbocycles. The van der Waals surface area contributed by atoms with Gasteiger partial charge in [-0.1, -0.05) is 19.1 Å². The summed E-state index contributed by atoms with van der Waals surface area (Å²) in [6.45, 7) is 2.06. The van der Waals surface area contributed by atoms with E-state index in [1.807, 2.05) is 6.07 Å². The summed E-state index contributed by atoms with van der Waals surface area (Å²) in [5.74, 6) is 0.654. The number of nitrogens with zero attached hydrogens (tertiary/aromatic N) is 1. The Morgan fingerprint density at radius 2 is 2.20 bits per heavy atom. The van der Waals surface area contributed by atoms with Gasteiger partial charge in [-0.15, -0.1) is 0 Å². The molecular formula is C12H12N2O. The second-order valence-corrected chi connectivity index (χ2v) is 3.97. The molecule has 0 aliphatic heterocycles. The number of nitrogens with one attached hydrogen (secondary N) is 1. The lowest BCUT2D eigenvalue weighted by atomic mass is 10.2. The van der Waals surface area contributed by atoms with E-state index in [1.54, 1.807) is 18.2 Å². The number of benzene rings is 1. The molecule has 2 atom stereocenters. The maximum atomic E-state index is 11.6. The fourth-order valence-corrected chi connectivity index (χ4v) is 1.60. The first-order chi connectivity index (χ1) is 7.22. The molecule has 1 N–H and O–H groups in total. The molecule has 15 heavy (non-hydrogen) atoms. The number of nitriles is 1. The minimum atomic E-state index is 0.0326. The summed E-state index contributed by atoms with van der Waals surface area (Å²) in [7, 11) is 0. The summed E-state index contributed by atoms with van der Waals surface area (Å²) in [4.78, 5) is 11.6. The van der Waals surface area contributed by atoms with Gasteiger partial charge in [0, 0.05) is 5.92 Å². The molecule has 3 heteroatoms. The van der Waals surface area contributed by atoms with Crippen molar-refractivity contribution in [1.82, 2.24) is 0 Å². The molecule has 0 aromatic heterocycles. The van der Waals surface area contributed by atoms with E-state index in [9.17, 15) is 4.79 Å². The zero-order chi connectivity index (χ0) is 10.8. The summed E-state index contributed by atoms with van der Waals surface area (Å²) in [5, 5.41) is 11.6. The third-order valence-corrected chi connectivity index (χ3v) is 2.75. The molecular weight excluding hydrogens is 188 g/mol. The molecule has 1 aromatic carbocycles. The lowest BCUT2D eigenvalue weighted by Gasteiger charge is -2.05. The number of rotatable bonds is 2. The molecule has 0 heterocycles. The van der Waals surface area contributed by atoms with E-state index in [0.717, 1.165) is 6.42 Å². The minimum absolute atomic E-state index is 0.0326. The summed E-state index contributed by atoms with van der Waals surface area (Å²) in [6, 6.07) is 9.11. The number of carbonyl (C=O) groups excluding carboxylic acids is 1. The summed E-state index contributed by atoms with van der Waals surface area (Å²) in [6.07, 6.45) is 0.959. The Balaban J connectivity index is 2.11. The van der Waals surface area contributed by atoms with Crippen LogP contribution in [0.2, 0.25) is 0 Å². The van der Waals surface area contributed by atoms with Gasteiger partial charge >= 0.3 is 0 Å². The largest absolute Gasteiger partial charge is 0.325 e. The number of anilines is 1. The molecule has 0 unspecified atom stereocenters. The van der Waals surface area contributed by atoms with E-state index in [-0.39, 0.29) is 11.8 Å². The number of carbonyl (C=O) groups is 1. The normalized spacial score (nSPS) is 22.9. The SMILES string of the molecule is C[C@@H]1C[C@@H]1C(=O)Nc1ccccc1C#N. The molecule has 0 radical (unpaired) electrons. The van der Waals surface area contributed by atoms with Gasteiger partial charge in [-0.05, 0) is 24.5 Å². The smallest absolute Gasteiger partial charge is 0.227 e. The van der Waals surface area contributed by atoms with E-state index in [2.05, 4.69) is 18.3 Å². The fraction of sp³-hybridized carbons (Fsp3) is 0.333. The van der Waals surface area contributed by atoms with E-state index in [1.165, 1.54) is 0 Å². The first-order valence-electron chi connectivity index (χ1n) is 5.02. The van der Waals surface area contributed by atoms with Crippen LogP contribution in [0.4, 0.5) is 5.69 Å². The molecule has 1 amide bonds. The highest BCUT2D eigenvalue weighted by Crippen LogP contribution is 2.38. The second kappa shape index (κ2) is 3.74. The third-order valence-electron chi connectivity index (χ3n) is 2.75. The molecule has 0 saturated heterocycles. The summed E-state index contributed by atoms with van der Waals surface area (Å²) >= 11 is 0. The van der Waals surface area contributed by atoms with Crippen LogP contribution in [0.3, 0.4) is 0 Å². The molecule has 1 fully saturated rings. The Labute approximate surface area is 88.7 Å². The maximum absolute atomic E-state index is 11.6. The average molecular weight is 200 g/mol. The average Bonchev–Trinajstić information content (AvgIpc) is 2.96. The molecule has 3 nitrogen and oxygen atoms in total. The van der Waals surface area contributed by atoms with Crippen molar-refractivity contribution in [3.05, 3.63) is 29.8 Å². The zero-order valence-corrected chi connectivity index (χ0v) is 8.53. The maximum Gasteiger partial charge on any atom is 0.227 e. The van der Waals surface area contributed by atoms with Crippen LogP contribution in [-0.2, 0) is 4.79 Å². The van der Waals surface area contributed by atoms with Gasteiger partial charge in [0.2, 0.25) is 5.91 Å². The molecule has 1 aliphatic rings. The molecule has 2 rings (SSSR count). The standard InChI is InChI=1S/C12H12N2O/c1-8-6-10(8)12(15)14-11-5-3-2-4-9(11)7-13/h2-5,8,10H,6H2,1H3,(H,14,15)/t8-,10+/m1/s1. The highest BCUT2D eigenvalue weighted by atomic mass is 16.2. The lowest BCUT2D eigenvalue weighted by Crippen LogP contribution is -2.15. The minimum Gasteiger partial charge on any atom is -0.325 e. The summed E-state index contributed by atoms with van der Waals surface area (Å²) in [5.41, 5.74) is 1.13. The topological polar surface area (TPSA) is 52.9 Å². The van der Waals surface area contributed by atoms with E-state index in [4.69, 9.17) is 5.26 Å². The second-order valence-electron chi connectivity index (χ2n) is 3.97. The van der Waals surface area contributed by atoms with Crippen LogP contribution < -0.4 is 5.32 Å². The van der Waals surface area contributed by atoms with Crippen molar-refractivity contribution >= 4 is 11.6 Å². The molecule has 1 saturated carbocycles. The predicted octanol–water partition coefficient (Wildman–Crippen LogP) is 2.15. The quantitative estimate of drug-likeness (QED) is 0.795. The van der Waals surface area contributed by atoms with Crippen molar-refractivity contribution in [2.45, 2.75) is 13.3 Å². The first kappa shape index (κ1) is 9.72. The monoisotopic (exact) mass is 200 g/mol. The number of hydrogen-bond donors (Lipinski definition) is 1. The number of amides is 1. The van der Waals surface area contributed by atoms with E-state index >= 15 is 0 Å². The Hall–Kier alpha value is -1.82. The van der Waals surface area contributed by atoms with E-state index in [0.29, 0.717) is 17.2 Å².